The number of nitrogens with zero attached hydrogens (tertiary/aromatic N) is 2. The molecule has 2 N–H and O–H groups in total. The van der Waals surface area contributed by atoms with E-state index in [0.717, 1.165) is 38.5 Å². The molecule has 1 aliphatic heterocycles. The Bertz CT molecular complexity index is 958. The Hall–Kier alpha value is -2.85. The number of carbonyl (C=O) groups excluding carboxylic acids is 2. The average Bonchev–Trinajstić information content (AvgIpc) is 3.76. The number of aliphatic carboxylic acids is 1. The van der Waals surface area contributed by atoms with E-state index in [1.807, 2.05) is 23.6 Å². The molecule has 0 aromatic heterocycles. The molecule has 10 nitrogen and oxygen atoms in total. The molecule has 0 bridgehead atoms. The van der Waals surface area contributed by atoms with Crippen LogP contribution in [-0.2, 0) is 14.3 Å². The average molecular weight is 548 g/mol. The first-order valence-electron chi connectivity index (χ1n) is 14.1. The highest BCUT2D eigenvalue weighted by Crippen LogP contribution is 2.31. The summed E-state index contributed by atoms with van der Waals surface area (Å²) in [5.41, 5.74) is 0.563. The minimum absolute atomic E-state index is 0.0197. The van der Waals surface area contributed by atoms with Crippen LogP contribution in [0.4, 0.5) is 0 Å². The number of rotatable bonds is 16. The summed E-state index contributed by atoms with van der Waals surface area (Å²) in [5, 5.41) is 12.5. The van der Waals surface area contributed by atoms with Gasteiger partial charge in [-0.2, -0.15) is 0 Å². The Balaban J connectivity index is 1.57. The van der Waals surface area contributed by atoms with Gasteiger partial charge in [0.05, 0.1) is 20.1 Å². The standard InChI is InChI=1S/C29H45N3O7/c1-20(2)32(29(36)21-6-11-25(38-4)26(18-21)39-17-5-16-37-3)24-8-7-22(30-19-24)14-15-31(23-9-10-23)27(33)12-13-28(34)35/h6,11,18,20,22-24,30H,5,7-10,12-17,19H2,1-4H3,(H,34,35). The first-order chi connectivity index (χ1) is 18.7. The predicted octanol–water partition coefficient (Wildman–Crippen LogP) is 3.33. The first kappa shape index (κ1) is 30.7. The number of carbonyl (C=O) groups is 3. The van der Waals surface area contributed by atoms with Crippen molar-refractivity contribution in [1.29, 1.82) is 0 Å². The van der Waals surface area contributed by atoms with Gasteiger partial charge in [0.25, 0.3) is 5.91 Å². The highest BCUT2D eigenvalue weighted by molar-refractivity contribution is 5.95. The fourth-order valence-electron chi connectivity index (χ4n) is 5.21. The van der Waals surface area contributed by atoms with Gasteiger partial charge in [-0.3, -0.25) is 14.4 Å². The minimum Gasteiger partial charge on any atom is -0.493 e. The number of carboxylic acid groups (broad SMARTS) is 1. The fraction of sp³-hybridized carbons (Fsp3) is 0.690. The molecular formula is C29H45N3O7. The number of carboxylic acids is 1. The van der Waals surface area contributed by atoms with Crippen LogP contribution in [0, 0.1) is 0 Å². The lowest BCUT2D eigenvalue weighted by Crippen LogP contribution is -2.54. The van der Waals surface area contributed by atoms with E-state index in [1.54, 1.807) is 32.4 Å². The van der Waals surface area contributed by atoms with E-state index < -0.39 is 5.97 Å². The summed E-state index contributed by atoms with van der Waals surface area (Å²) in [6.45, 7) is 6.45. The summed E-state index contributed by atoms with van der Waals surface area (Å²) in [6, 6.07) is 5.91. The quantitative estimate of drug-likeness (QED) is 0.303. The third kappa shape index (κ3) is 9.10. The van der Waals surface area contributed by atoms with Crippen LogP contribution >= 0.6 is 0 Å². The molecule has 218 valence electrons. The molecule has 3 rings (SSSR count). The fourth-order valence-corrected chi connectivity index (χ4v) is 5.21. The van der Waals surface area contributed by atoms with Gasteiger partial charge in [0.15, 0.2) is 11.5 Å². The van der Waals surface area contributed by atoms with Crippen molar-refractivity contribution in [3.05, 3.63) is 23.8 Å². The topological polar surface area (TPSA) is 118 Å². The number of methoxy groups -OCH3 is 2. The van der Waals surface area contributed by atoms with Crippen molar-refractivity contribution in [2.75, 3.05) is 40.5 Å². The maximum atomic E-state index is 13.7. The molecule has 0 spiro atoms. The van der Waals surface area contributed by atoms with Crippen LogP contribution in [0.5, 0.6) is 11.5 Å². The molecule has 1 saturated carbocycles. The number of nitrogens with one attached hydrogen (secondary N) is 1. The predicted molar refractivity (Wildman–Crippen MR) is 147 cm³/mol. The molecule has 2 unspecified atom stereocenters. The lowest BCUT2D eigenvalue weighted by atomic mass is 9.95. The molecule has 0 radical (unpaired) electrons. The smallest absolute Gasteiger partial charge is 0.303 e. The van der Waals surface area contributed by atoms with Gasteiger partial charge in [-0.1, -0.05) is 0 Å². The number of amides is 2. The van der Waals surface area contributed by atoms with E-state index >= 15 is 0 Å². The van der Waals surface area contributed by atoms with Gasteiger partial charge >= 0.3 is 5.97 Å². The SMILES string of the molecule is COCCCOc1cc(C(=O)N(C(C)C)C2CCC(CCN(C(=O)CCC(=O)O)C3CC3)NC2)ccc1OC. The second kappa shape index (κ2) is 15.1. The summed E-state index contributed by atoms with van der Waals surface area (Å²) in [4.78, 5) is 40.9. The van der Waals surface area contributed by atoms with Gasteiger partial charge in [0.1, 0.15) is 0 Å². The maximum absolute atomic E-state index is 13.7. The summed E-state index contributed by atoms with van der Waals surface area (Å²) in [5.74, 6) is 0.0890. The highest BCUT2D eigenvalue weighted by atomic mass is 16.5. The van der Waals surface area contributed by atoms with Gasteiger partial charge in [-0.25, -0.2) is 0 Å². The Kier molecular flexibility index (Phi) is 11.9. The Morgan fingerprint density at radius 1 is 1.03 bits per heavy atom. The molecule has 1 heterocycles. The van der Waals surface area contributed by atoms with E-state index in [-0.39, 0.29) is 48.8 Å². The number of benzene rings is 1. The summed E-state index contributed by atoms with van der Waals surface area (Å²) in [6.07, 6.45) is 5.25. The van der Waals surface area contributed by atoms with E-state index in [2.05, 4.69) is 5.32 Å². The zero-order valence-corrected chi connectivity index (χ0v) is 23.8. The van der Waals surface area contributed by atoms with Crippen molar-refractivity contribution in [2.45, 2.75) is 89.4 Å². The second-order valence-corrected chi connectivity index (χ2v) is 10.7. The lowest BCUT2D eigenvalue weighted by Gasteiger charge is -2.40. The van der Waals surface area contributed by atoms with Crippen LogP contribution in [0.3, 0.4) is 0 Å². The monoisotopic (exact) mass is 547 g/mol. The molecule has 39 heavy (non-hydrogen) atoms. The molecular weight excluding hydrogens is 502 g/mol. The number of piperidine rings is 1. The minimum atomic E-state index is -0.941. The van der Waals surface area contributed by atoms with Gasteiger partial charge < -0.3 is 34.4 Å². The molecule has 2 amide bonds. The van der Waals surface area contributed by atoms with Gasteiger partial charge in [0, 0.05) is 69.4 Å². The lowest BCUT2D eigenvalue weighted by molar-refractivity contribution is -0.141. The molecule has 1 aliphatic carbocycles. The highest BCUT2D eigenvalue weighted by Gasteiger charge is 2.34. The van der Waals surface area contributed by atoms with E-state index in [1.165, 1.54) is 0 Å². The van der Waals surface area contributed by atoms with Crippen LogP contribution in [0.2, 0.25) is 0 Å². The molecule has 1 aromatic carbocycles. The number of ether oxygens (including phenoxy) is 3. The van der Waals surface area contributed by atoms with Crippen molar-refractivity contribution >= 4 is 17.8 Å². The van der Waals surface area contributed by atoms with Crippen molar-refractivity contribution in [3.8, 4) is 11.5 Å². The maximum Gasteiger partial charge on any atom is 0.303 e. The number of hydrogen-bond donors (Lipinski definition) is 2. The van der Waals surface area contributed by atoms with Gasteiger partial charge in [0.2, 0.25) is 5.91 Å². The summed E-state index contributed by atoms with van der Waals surface area (Å²) >= 11 is 0. The van der Waals surface area contributed by atoms with Crippen LogP contribution in [-0.4, -0.2) is 97.4 Å². The molecule has 10 heteroatoms. The molecule has 2 atom stereocenters. The Labute approximate surface area is 232 Å². The second-order valence-electron chi connectivity index (χ2n) is 10.7. The van der Waals surface area contributed by atoms with Gasteiger partial charge in [-0.15, -0.1) is 0 Å². The largest absolute Gasteiger partial charge is 0.493 e. The first-order valence-corrected chi connectivity index (χ1v) is 14.1. The third-order valence-corrected chi connectivity index (χ3v) is 7.41. The van der Waals surface area contributed by atoms with Gasteiger partial charge in [-0.05, 0) is 64.2 Å². The molecule has 1 aromatic rings. The van der Waals surface area contributed by atoms with E-state index in [9.17, 15) is 14.4 Å². The van der Waals surface area contributed by atoms with E-state index in [4.69, 9.17) is 19.3 Å². The number of hydrogen-bond acceptors (Lipinski definition) is 7. The van der Waals surface area contributed by atoms with Crippen LogP contribution in [0.15, 0.2) is 18.2 Å². The zero-order valence-electron chi connectivity index (χ0n) is 23.8. The molecule has 1 saturated heterocycles. The summed E-state index contributed by atoms with van der Waals surface area (Å²) in [7, 11) is 3.23. The van der Waals surface area contributed by atoms with Crippen LogP contribution < -0.4 is 14.8 Å². The van der Waals surface area contributed by atoms with E-state index in [0.29, 0.717) is 43.4 Å². The summed E-state index contributed by atoms with van der Waals surface area (Å²) < 4.78 is 16.4. The van der Waals surface area contributed by atoms with Crippen molar-refractivity contribution in [2.24, 2.45) is 0 Å². The Morgan fingerprint density at radius 2 is 1.77 bits per heavy atom. The third-order valence-electron chi connectivity index (χ3n) is 7.41. The zero-order chi connectivity index (χ0) is 28.4. The van der Waals surface area contributed by atoms with Crippen molar-refractivity contribution in [1.82, 2.24) is 15.1 Å². The normalized spacial score (nSPS) is 19.0. The molecule has 2 aliphatic rings. The van der Waals surface area contributed by atoms with Crippen LogP contribution in [0.25, 0.3) is 0 Å². The molecule has 2 fully saturated rings. The Morgan fingerprint density at radius 3 is 2.36 bits per heavy atom. The van der Waals surface area contributed by atoms with Crippen molar-refractivity contribution in [3.63, 3.8) is 0 Å². The van der Waals surface area contributed by atoms with Crippen LogP contribution in [0.1, 0.15) is 75.6 Å². The van der Waals surface area contributed by atoms with Crippen molar-refractivity contribution < 1.29 is 33.7 Å².